The summed E-state index contributed by atoms with van der Waals surface area (Å²) in [6, 6.07) is 0.297. The molecule has 1 fully saturated rings. The molecular weight excluding hydrogens is 260 g/mol. The Labute approximate surface area is 121 Å². The Morgan fingerprint density at radius 3 is 2.47 bits per heavy atom. The fourth-order valence-corrected chi connectivity index (χ4v) is 3.21. The molecule has 0 aromatic heterocycles. The Kier molecular flexibility index (Phi) is 7.80. The number of ether oxygens (including phenoxy) is 1. The van der Waals surface area contributed by atoms with Gasteiger partial charge in [-0.2, -0.15) is 11.8 Å². The van der Waals surface area contributed by atoms with Crippen molar-refractivity contribution in [2.75, 3.05) is 32.6 Å². The van der Waals surface area contributed by atoms with Gasteiger partial charge in [0.1, 0.15) is 0 Å². The van der Waals surface area contributed by atoms with Gasteiger partial charge in [-0.1, -0.05) is 13.8 Å². The lowest BCUT2D eigenvalue weighted by atomic mass is 10.0. The van der Waals surface area contributed by atoms with Crippen LogP contribution in [0.1, 0.15) is 39.5 Å². The van der Waals surface area contributed by atoms with Gasteiger partial charge in [0.2, 0.25) is 5.91 Å². The van der Waals surface area contributed by atoms with Crippen LogP contribution in [0.5, 0.6) is 0 Å². The van der Waals surface area contributed by atoms with E-state index in [1.54, 1.807) is 0 Å². The second kappa shape index (κ2) is 8.82. The van der Waals surface area contributed by atoms with Crippen LogP contribution in [0, 0.1) is 0 Å². The molecule has 0 aliphatic carbocycles. The molecule has 0 aromatic rings. The Morgan fingerprint density at radius 1 is 1.32 bits per heavy atom. The molecule has 2 N–H and O–H groups in total. The minimum atomic E-state index is 0.106. The second-order valence-electron chi connectivity index (χ2n) is 5.15. The van der Waals surface area contributed by atoms with Crippen molar-refractivity contribution < 1.29 is 9.53 Å². The summed E-state index contributed by atoms with van der Waals surface area (Å²) in [6.45, 7) is 7.26. The largest absolute Gasteiger partial charge is 0.381 e. The van der Waals surface area contributed by atoms with Gasteiger partial charge in [-0.15, -0.1) is 0 Å². The van der Waals surface area contributed by atoms with Gasteiger partial charge >= 0.3 is 0 Å². The highest BCUT2D eigenvalue weighted by atomic mass is 32.2. The van der Waals surface area contributed by atoms with Crippen molar-refractivity contribution in [3.8, 4) is 0 Å². The number of thioether (sulfide) groups is 1. The van der Waals surface area contributed by atoms with Crippen molar-refractivity contribution in [3.63, 3.8) is 0 Å². The van der Waals surface area contributed by atoms with Gasteiger partial charge in [0, 0.05) is 30.5 Å². The summed E-state index contributed by atoms with van der Waals surface area (Å²) < 4.78 is 5.54. The highest BCUT2D eigenvalue weighted by Gasteiger charge is 2.24. The zero-order valence-electron chi connectivity index (χ0n) is 12.5. The van der Waals surface area contributed by atoms with Crippen molar-refractivity contribution in [1.29, 1.82) is 0 Å². The second-order valence-corrected chi connectivity index (χ2v) is 6.43. The van der Waals surface area contributed by atoms with Crippen LogP contribution in [0.15, 0.2) is 0 Å². The van der Waals surface area contributed by atoms with Gasteiger partial charge in [0.05, 0.1) is 6.54 Å². The predicted octanol–water partition coefficient (Wildman–Crippen LogP) is 1.79. The van der Waals surface area contributed by atoms with E-state index in [-0.39, 0.29) is 10.7 Å². The third-order valence-electron chi connectivity index (χ3n) is 4.04. The summed E-state index contributed by atoms with van der Waals surface area (Å²) in [5.41, 5.74) is 0. The molecule has 1 heterocycles. The van der Waals surface area contributed by atoms with Crippen molar-refractivity contribution in [3.05, 3.63) is 0 Å². The van der Waals surface area contributed by atoms with Crippen LogP contribution in [0.4, 0.5) is 0 Å². The summed E-state index contributed by atoms with van der Waals surface area (Å²) in [6.07, 6.45) is 6.27. The maximum Gasteiger partial charge on any atom is 0.234 e. The van der Waals surface area contributed by atoms with Crippen molar-refractivity contribution in [2.45, 2.75) is 50.3 Å². The van der Waals surface area contributed by atoms with E-state index in [1.165, 1.54) is 0 Å². The lowest BCUT2D eigenvalue weighted by Crippen LogP contribution is -2.45. The van der Waals surface area contributed by atoms with E-state index in [2.05, 4.69) is 30.7 Å². The first kappa shape index (κ1) is 16.8. The molecule has 1 amide bonds. The number of rotatable bonds is 8. The van der Waals surface area contributed by atoms with Crippen molar-refractivity contribution in [2.24, 2.45) is 0 Å². The average Bonchev–Trinajstić information content (AvgIpc) is 2.45. The maximum absolute atomic E-state index is 11.8. The fourth-order valence-electron chi connectivity index (χ4n) is 2.39. The SMILES string of the molecule is CCC(CC)(CNCC(=O)NC1CCOCC1)SC. The summed E-state index contributed by atoms with van der Waals surface area (Å²) in [5, 5.41) is 6.38. The molecule has 1 aliphatic heterocycles. The van der Waals surface area contributed by atoms with E-state index in [0.29, 0.717) is 12.6 Å². The van der Waals surface area contributed by atoms with Crippen molar-refractivity contribution >= 4 is 17.7 Å². The molecule has 0 atom stereocenters. The molecule has 1 aliphatic rings. The maximum atomic E-state index is 11.8. The first-order valence-corrected chi connectivity index (χ1v) is 8.51. The standard InChI is InChI=1S/C14H28N2O2S/c1-4-14(5-2,19-3)11-15-10-13(17)16-12-6-8-18-9-7-12/h12,15H,4-11H2,1-3H3,(H,16,17). The topological polar surface area (TPSA) is 50.4 Å². The zero-order chi connectivity index (χ0) is 14.1. The Hall–Kier alpha value is -0.260. The van der Waals surface area contributed by atoms with Gasteiger partial charge in [-0.3, -0.25) is 4.79 Å². The smallest absolute Gasteiger partial charge is 0.234 e. The first-order valence-electron chi connectivity index (χ1n) is 7.28. The Bertz CT molecular complexity index is 256. The third-order valence-corrected chi connectivity index (χ3v) is 5.63. The molecule has 0 spiro atoms. The van der Waals surface area contributed by atoms with E-state index in [1.807, 2.05) is 11.8 Å². The Balaban J connectivity index is 2.22. The van der Waals surface area contributed by atoms with E-state index in [0.717, 1.165) is 45.4 Å². The van der Waals surface area contributed by atoms with Gasteiger partial charge in [0.25, 0.3) is 0 Å². The molecule has 0 aromatic carbocycles. The van der Waals surface area contributed by atoms with Crippen LogP contribution in [0.25, 0.3) is 0 Å². The molecule has 0 unspecified atom stereocenters. The van der Waals surface area contributed by atoms with E-state index < -0.39 is 0 Å². The number of nitrogens with one attached hydrogen (secondary N) is 2. The molecule has 4 nitrogen and oxygen atoms in total. The van der Waals surface area contributed by atoms with E-state index in [9.17, 15) is 4.79 Å². The molecule has 0 saturated carbocycles. The van der Waals surface area contributed by atoms with E-state index in [4.69, 9.17) is 4.74 Å². The van der Waals surface area contributed by atoms with Gasteiger partial charge in [-0.25, -0.2) is 0 Å². The van der Waals surface area contributed by atoms with Crippen molar-refractivity contribution in [1.82, 2.24) is 10.6 Å². The molecule has 0 bridgehead atoms. The average molecular weight is 288 g/mol. The van der Waals surface area contributed by atoms with Crippen LogP contribution < -0.4 is 10.6 Å². The molecule has 0 radical (unpaired) electrons. The van der Waals surface area contributed by atoms with Crippen LogP contribution >= 0.6 is 11.8 Å². The zero-order valence-corrected chi connectivity index (χ0v) is 13.3. The normalized spacial score (nSPS) is 17.4. The fraction of sp³-hybridized carbons (Fsp3) is 0.929. The van der Waals surface area contributed by atoms with Gasteiger partial charge in [0.15, 0.2) is 0 Å². The Morgan fingerprint density at radius 2 is 1.95 bits per heavy atom. The number of carbonyl (C=O) groups is 1. The summed E-state index contributed by atoms with van der Waals surface area (Å²) in [5.74, 6) is 0.106. The van der Waals surface area contributed by atoms with E-state index >= 15 is 0 Å². The molecule has 112 valence electrons. The van der Waals surface area contributed by atoms with Crippen LogP contribution in [-0.4, -0.2) is 49.3 Å². The number of amides is 1. The monoisotopic (exact) mass is 288 g/mol. The van der Waals surface area contributed by atoms with Crippen LogP contribution in [0.3, 0.4) is 0 Å². The number of hydrogen-bond donors (Lipinski definition) is 2. The minimum absolute atomic E-state index is 0.106. The molecule has 1 saturated heterocycles. The molecular formula is C14H28N2O2S. The molecule has 5 heteroatoms. The van der Waals surface area contributed by atoms with Crippen LogP contribution in [0.2, 0.25) is 0 Å². The van der Waals surface area contributed by atoms with Gasteiger partial charge < -0.3 is 15.4 Å². The minimum Gasteiger partial charge on any atom is -0.381 e. The highest BCUT2D eigenvalue weighted by molar-refractivity contribution is 8.00. The summed E-state index contributed by atoms with van der Waals surface area (Å²) >= 11 is 1.89. The molecule has 19 heavy (non-hydrogen) atoms. The third kappa shape index (κ3) is 5.71. The molecule has 1 rings (SSSR count). The first-order chi connectivity index (χ1) is 9.15. The summed E-state index contributed by atoms with van der Waals surface area (Å²) in [7, 11) is 0. The number of hydrogen-bond acceptors (Lipinski definition) is 4. The summed E-state index contributed by atoms with van der Waals surface area (Å²) in [4.78, 5) is 11.8. The highest BCUT2D eigenvalue weighted by Crippen LogP contribution is 2.29. The quantitative estimate of drug-likeness (QED) is 0.715. The van der Waals surface area contributed by atoms with Gasteiger partial charge in [-0.05, 0) is 31.9 Å². The predicted molar refractivity (Wildman–Crippen MR) is 81.7 cm³/mol. The lowest BCUT2D eigenvalue weighted by molar-refractivity contribution is -0.121. The number of carbonyl (C=O) groups excluding carboxylic acids is 1. The lowest BCUT2D eigenvalue weighted by Gasteiger charge is -2.30. The van der Waals surface area contributed by atoms with Crippen LogP contribution in [-0.2, 0) is 9.53 Å².